The van der Waals surface area contributed by atoms with Gasteiger partial charge in [0.15, 0.2) is 0 Å². The van der Waals surface area contributed by atoms with Gasteiger partial charge in [0.1, 0.15) is 17.7 Å². The molecule has 4 unspecified atom stereocenters. The lowest BCUT2D eigenvalue weighted by molar-refractivity contribution is -0.142. The van der Waals surface area contributed by atoms with E-state index in [0.29, 0.717) is 12.1 Å². The van der Waals surface area contributed by atoms with Crippen molar-refractivity contribution in [2.75, 3.05) is 5.32 Å². The van der Waals surface area contributed by atoms with E-state index in [0.717, 1.165) is 28.7 Å². The van der Waals surface area contributed by atoms with Crippen molar-refractivity contribution in [3.05, 3.63) is 64.7 Å². The highest BCUT2D eigenvalue weighted by atomic mass is 16.6. The maximum atomic E-state index is 14.4. The van der Waals surface area contributed by atoms with Crippen molar-refractivity contribution in [1.29, 1.82) is 0 Å². The lowest BCUT2D eigenvalue weighted by Gasteiger charge is -2.35. The zero-order chi connectivity index (χ0) is 29.1. The molecular formula is C32H45N3O4. The molecule has 1 fully saturated rings. The molecular weight excluding hydrogens is 490 g/mol. The first kappa shape index (κ1) is 30.2. The first-order chi connectivity index (χ1) is 18.2. The third-order valence-electron chi connectivity index (χ3n) is 7.15. The molecule has 0 bridgehead atoms. The molecule has 0 aromatic heterocycles. The predicted octanol–water partition coefficient (Wildman–Crippen LogP) is 6.47. The van der Waals surface area contributed by atoms with Crippen LogP contribution in [0.1, 0.15) is 82.7 Å². The van der Waals surface area contributed by atoms with Gasteiger partial charge in [-0.05, 0) is 94.5 Å². The van der Waals surface area contributed by atoms with E-state index in [2.05, 4.69) is 17.6 Å². The number of aryl methyl sites for hydroxylation is 3. The van der Waals surface area contributed by atoms with Gasteiger partial charge in [-0.2, -0.15) is 0 Å². The van der Waals surface area contributed by atoms with E-state index in [-0.39, 0.29) is 29.7 Å². The number of anilines is 1. The molecule has 212 valence electrons. The third kappa shape index (κ3) is 8.07. The zero-order valence-corrected chi connectivity index (χ0v) is 24.9. The van der Waals surface area contributed by atoms with Crippen LogP contribution in [0.4, 0.5) is 10.5 Å². The average Bonchev–Trinajstić information content (AvgIpc) is 3.54. The second-order valence-corrected chi connectivity index (χ2v) is 12.4. The van der Waals surface area contributed by atoms with Crippen LogP contribution in [-0.4, -0.2) is 40.5 Å². The minimum atomic E-state index is -0.860. The summed E-state index contributed by atoms with van der Waals surface area (Å²) >= 11 is 0. The summed E-state index contributed by atoms with van der Waals surface area (Å²) < 4.78 is 5.49. The van der Waals surface area contributed by atoms with E-state index in [1.807, 2.05) is 77.1 Å². The molecule has 1 aliphatic rings. The van der Waals surface area contributed by atoms with E-state index in [1.165, 1.54) is 0 Å². The number of para-hydroxylation sites is 1. The Balaban J connectivity index is 2.06. The largest absolute Gasteiger partial charge is 0.444 e. The minimum Gasteiger partial charge on any atom is -0.444 e. The smallest absolute Gasteiger partial charge is 0.408 e. The molecule has 7 heteroatoms. The summed E-state index contributed by atoms with van der Waals surface area (Å²) in [5, 5.41) is 5.91. The summed E-state index contributed by atoms with van der Waals surface area (Å²) in [5.41, 5.74) is 3.85. The van der Waals surface area contributed by atoms with Crippen molar-refractivity contribution < 1.29 is 19.1 Å². The van der Waals surface area contributed by atoms with Crippen LogP contribution in [0.2, 0.25) is 0 Å². The van der Waals surface area contributed by atoms with E-state index in [4.69, 9.17) is 4.74 Å². The summed E-state index contributed by atoms with van der Waals surface area (Å²) in [6.45, 7) is 17.4. The topological polar surface area (TPSA) is 87.7 Å². The lowest BCUT2D eigenvalue weighted by atomic mass is 9.96. The van der Waals surface area contributed by atoms with Crippen molar-refractivity contribution in [3.8, 4) is 0 Å². The molecule has 7 nitrogen and oxygen atoms in total. The molecule has 0 aliphatic heterocycles. The molecule has 1 aliphatic carbocycles. The molecule has 3 rings (SSSR count). The van der Waals surface area contributed by atoms with Crippen LogP contribution in [0.3, 0.4) is 0 Å². The Labute approximate surface area is 233 Å². The van der Waals surface area contributed by atoms with Crippen LogP contribution in [-0.2, 0) is 14.3 Å². The maximum absolute atomic E-state index is 14.4. The third-order valence-corrected chi connectivity index (χ3v) is 7.15. The van der Waals surface area contributed by atoms with Gasteiger partial charge in [0.2, 0.25) is 5.91 Å². The summed E-state index contributed by atoms with van der Waals surface area (Å²) in [7, 11) is 0. The van der Waals surface area contributed by atoms with E-state index < -0.39 is 23.8 Å². The number of hydrogen-bond acceptors (Lipinski definition) is 4. The Morgan fingerprint density at radius 3 is 2.18 bits per heavy atom. The van der Waals surface area contributed by atoms with Gasteiger partial charge < -0.3 is 20.3 Å². The first-order valence-corrected chi connectivity index (χ1v) is 13.9. The number of carbonyl (C=O) groups is 3. The maximum Gasteiger partial charge on any atom is 0.408 e. The van der Waals surface area contributed by atoms with Crippen LogP contribution in [0.15, 0.2) is 42.5 Å². The van der Waals surface area contributed by atoms with Gasteiger partial charge in [0.25, 0.3) is 5.91 Å². The fourth-order valence-electron chi connectivity index (χ4n) is 4.78. The van der Waals surface area contributed by atoms with Crippen molar-refractivity contribution in [2.24, 2.45) is 11.8 Å². The fraction of sp³-hybridized carbons (Fsp3) is 0.531. The standard InChI is InChI=1S/C32H45N3O4/c1-19(2)16-26(34-31(38)39-32(7,8)9)30(37)35(27-18-23(27)6)28(24-15-14-20(3)22(5)17-24)29(36)33-25-13-11-10-12-21(25)4/h10-15,17,19,23,26-28H,16,18H2,1-9H3,(H,33,36)(H,34,38). The Kier molecular flexibility index (Phi) is 9.47. The van der Waals surface area contributed by atoms with Gasteiger partial charge >= 0.3 is 6.09 Å². The number of carbonyl (C=O) groups excluding carboxylic acids is 3. The van der Waals surface area contributed by atoms with Gasteiger partial charge in [-0.1, -0.05) is 57.2 Å². The van der Waals surface area contributed by atoms with Crippen LogP contribution in [0, 0.1) is 32.6 Å². The molecule has 3 amide bonds. The molecule has 39 heavy (non-hydrogen) atoms. The second kappa shape index (κ2) is 12.2. The molecule has 1 saturated carbocycles. The van der Waals surface area contributed by atoms with E-state index >= 15 is 0 Å². The van der Waals surface area contributed by atoms with Crippen molar-refractivity contribution >= 4 is 23.6 Å². The number of nitrogens with zero attached hydrogens (tertiary/aromatic N) is 1. The Morgan fingerprint density at radius 1 is 1.00 bits per heavy atom. The SMILES string of the molecule is Cc1ccc(C(C(=O)Nc2ccccc2C)N(C(=O)C(CC(C)C)NC(=O)OC(C)(C)C)C2CC2C)cc1C. The zero-order valence-electron chi connectivity index (χ0n) is 24.9. The fourth-order valence-corrected chi connectivity index (χ4v) is 4.78. The number of amides is 3. The molecule has 0 radical (unpaired) electrons. The quantitative estimate of drug-likeness (QED) is 0.385. The summed E-state index contributed by atoms with van der Waals surface area (Å²) in [6.07, 6.45) is 0.581. The predicted molar refractivity (Wildman–Crippen MR) is 155 cm³/mol. The van der Waals surface area contributed by atoms with Crippen LogP contribution in [0.25, 0.3) is 0 Å². The van der Waals surface area contributed by atoms with Crippen molar-refractivity contribution in [2.45, 2.75) is 98.9 Å². The van der Waals surface area contributed by atoms with E-state index in [1.54, 1.807) is 25.7 Å². The number of hydrogen-bond donors (Lipinski definition) is 2. The summed E-state index contributed by atoms with van der Waals surface area (Å²) in [4.78, 5) is 43.0. The number of ether oxygens (including phenoxy) is 1. The highest BCUT2D eigenvalue weighted by Crippen LogP contribution is 2.41. The molecule has 0 spiro atoms. The monoisotopic (exact) mass is 535 g/mol. The van der Waals surface area contributed by atoms with Crippen LogP contribution in [0.5, 0.6) is 0 Å². The molecule has 4 atom stereocenters. The normalized spacial score (nSPS) is 18.2. The Hall–Kier alpha value is -3.35. The Morgan fingerprint density at radius 2 is 1.64 bits per heavy atom. The van der Waals surface area contributed by atoms with Gasteiger partial charge in [0.05, 0.1) is 0 Å². The molecule has 2 aromatic carbocycles. The molecule has 2 aromatic rings. The van der Waals surface area contributed by atoms with Gasteiger partial charge in [-0.15, -0.1) is 0 Å². The molecule has 0 heterocycles. The number of alkyl carbamates (subject to hydrolysis) is 1. The highest BCUT2D eigenvalue weighted by Gasteiger charge is 2.48. The van der Waals surface area contributed by atoms with Crippen molar-refractivity contribution in [1.82, 2.24) is 10.2 Å². The number of benzene rings is 2. The van der Waals surface area contributed by atoms with Gasteiger partial charge in [-0.3, -0.25) is 9.59 Å². The minimum absolute atomic E-state index is 0.109. The average molecular weight is 536 g/mol. The van der Waals surface area contributed by atoms with Gasteiger partial charge in [0, 0.05) is 11.7 Å². The van der Waals surface area contributed by atoms with E-state index in [9.17, 15) is 14.4 Å². The number of nitrogens with one attached hydrogen (secondary N) is 2. The van der Waals surface area contributed by atoms with Gasteiger partial charge in [-0.25, -0.2) is 4.79 Å². The summed E-state index contributed by atoms with van der Waals surface area (Å²) in [5.74, 6) is -0.170. The molecule has 0 saturated heterocycles. The lowest BCUT2D eigenvalue weighted by Crippen LogP contribution is -2.53. The molecule has 2 N–H and O–H groups in total. The Bertz CT molecular complexity index is 1200. The van der Waals surface area contributed by atoms with Crippen LogP contribution >= 0.6 is 0 Å². The highest BCUT2D eigenvalue weighted by molar-refractivity contribution is 5.99. The van der Waals surface area contributed by atoms with Crippen molar-refractivity contribution in [3.63, 3.8) is 0 Å². The van der Waals surface area contributed by atoms with Crippen LogP contribution < -0.4 is 10.6 Å². The first-order valence-electron chi connectivity index (χ1n) is 13.9. The second-order valence-electron chi connectivity index (χ2n) is 12.4. The summed E-state index contributed by atoms with van der Waals surface area (Å²) in [6, 6.07) is 11.7. The number of rotatable bonds is 9.